The molecular weight excluding hydrogens is 164 g/mol. The number of nitrogens with zero attached hydrogens (tertiary/aromatic N) is 1. The van der Waals surface area contributed by atoms with E-state index in [0.717, 1.165) is 18.6 Å². The van der Waals surface area contributed by atoms with Crippen LogP contribution in [0.15, 0.2) is 36.7 Å². The van der Waals surface area contributed by atoms with Gasteiger partial charge in [-0.25, -0.2) is 0 Å². The molecule has 1 N–H and O–H groups in total. The van der Waals surface area contributed by atoms with Crippen LogP contribution < -0.4 is 10.2 Å². The highest BCUT2D eigenvalue weighted by Crippen LogP contribution is 2.15. The third-order valence-electron chi connectivity index (χ3n) is 1.99. The lowest BCUT2D eigenvalue weighted by atomic mass is 10.2. The predicted octanol–water partition coefficient (Wildman–Crippen LogP) is 1.34. The average Bonchev–Trinajstić information content (AvgIpc) is 2.71. The summed E-state index contributed by atoms with van der Waals surface area (Å²) < 4.78 is 0. The standard InChI is InChI=1S/C10H10N2O/c13-7-9-1-3-10(4-2-9)12-6-5-11-8-12/h1-7,11H,8H2. The summed E-state index contributed by atoms with van der Waals surface area (Å²) in [5.74, 6) is 0. The van der Waals surface area contributed by atoms with Crippen LogP contribution in [0.5, 0.6) is 0 Å². The minimum atomic E-state index is 0.708. The smallest absolute Gasteiger partial charge is 0.150 e. The zero-order valence-corrected chi connectivity index (χ0v) is 7.10. The van der Waals surface area contributed by atoms with Crippen LogP contribution in [0.1, 0.15) is 10.4 Å². The molecule has 0 saturated carbocycles. The Bertz CT molecular complexity index is 329. The van der Waals surface area contributed by atoms with Crippen molar-refractivity contribution in [3.05, 3.63) is 42.2 Å². The van der Waals surface area contributed by atoms with Gasteiger partial charge in [0.1, 0.15) is 6.29 Å². The quantitative estimate of drug-likeness (QED) is 0.686. The molecule has 0 aliphatic carbocycles. The molecular formula is C10H10N2O. The van der Waals surface area contributed by atoms with Crippen molar-refractivity contribution in [3.63, 3.8) is 0 Å². The Hall–Kier alpha value is -1.77. The fourth-order valence-electron chi connectivity index (χ4n) is 1.27. The van der Waals surface area contributed by atoms with E-state index in [0.29, 0.717) is 5.56 Å². The summed E-state index contributed by atoms with van der Waals surface area (Å²) in [6, 6.07) is 7.49. The van der Waals surface area contributed by atoms with Crippen molar-refractivity contribution >= 4 is 12.0 Å². The van der Waals surface area contributed by atoms with Gasteiger partial charge in [-0.2, -0.15) is 0 Å². The highest BCUT2D eigenvalue weighted by molar-refractivity contribution is 5.75. The summed E-state index contributed by atoms with van der Waals surface area (Å²) in [7, 11) is 0. The molecule has 0 radical (unpaired) electrons. The van der Waals surface area contributed by atoms with Gasteiger partial charge in [0, 0.05) is 23.7 Å². The predicted molar refractivity (Wildman–Crippen MR) is 51.5 cm³/mol. The number of anilines is 1. The first-order chi connectivity index (χ1) is 6.40. The molecule has 3 nitrogen and oxygen atoms in total. The summed E-state index contributed by atoms with van der Waals surface area (Å²) in [5.41, 5.74) is 1.80. The van der Waals surface area contributed by atoms with Gasteiger partial charge >= 0.3 is 0 Å². The Morgan fingerprint density at radius 3 is 2.62 bits per heavy atom. The second kappa shape index (κ2) is 3.31. The zero-order chi connectivity index (χ0) is 9.10. The first kappa shape index (κ1) is 7.86. The molecule has 0 unspecified atom stereocenters. The van der Waals surface area contributed by atoms with Crippen LogP contribution in [0.4, 0.5) is 5.69 Å². The van der Waals surface area contributed by atoms with Crippen molar-refractivity contribution in [3.8, 4) is 0 Å². The molecule has 3 heteroatoms. The highest BCUT2D eigenvalue weighted by atomic mass is 16.1. The van der Waals surface area contributed by atoms with Crippen molar-refractivity contribution in [2.24, 2.45) is 0 Å². The van der Waals surface area contributed by atoms with E-state index in [1.807, 2.05) is 36.7 Å². The summed E-state index contributed by atoms with van der Waals surface area (Å²) in [6.45, 7) is 0.792. The Morgan fingerprint density at radius 2 is 2.08 bits per heavy atom. The minimum Gasteiger partial charge on any atom is -0.372 e. The number of carbonyl (C=O) groups excluding carboxylic acids is 1. The molecule has 2 rings (SSSR count). The Kier molecular flexibility index (Phi) is 2.00. The summed E-state index contributed by atoms with van der Waals surface area (Å²) >= 11 is 0. The van der Waals surface area contributed by atoms with Gasteiger partial charge in [-0.3, -0.25) is 4.79 Å². The normalized spacial score (nSPS) is 14.3. The first-order valence-corrected chi connectivity index (χ1v) is 4.12. The van der Waals surface area contributed by atoms with Gasteiger partial charge in [0.25, 0.3) is 0 Å². The van der Waals surface area contributed by atoms with E-state index in [2.05, 4.69) is 10.2 Å². The van der Waals surface area contributed by atoms with Crippen molar-refractivity contribution in [1.29, 1.82) is 0 Å². The third kappa shape index (κ3) is 1.54. The van der Waals surface area contributed by atoms with E-state index in [1.165, 1.54) is 0 Å². The van der Waals surface area contributed by atoms with E-state index in [1.54, 1.807) is 0 Å². The molecule has 0 saturated heterocycles. The maximum absolute atomic E-state index is 10.4. The first-order valence-electron chi connectivity index (χ1n) is 4.12. The molecule has 0 amide bonds. The Morgan fingerprint density at radius 1 is 1.31 bits per heavy atom. The van der Waals surface area contributed by atoms with Gasteiger partial charge < -0.3 is 10.2 Å². The van der Waals surface area contributed by atoms with Gasteiger partial charge in [0.2, 0.25) is 0 Å². The van der Waals surface area contributed by atoms with E-state index in [-0.39, 0.29) is 0 Å². The van der Waals surface area contributed by atoms with Crippen LogP contribution in [0.25, 0.3) is 0 Å². The number of nitrogens with one attached hydrogen (secondary N) is 1. The number of aldehydes is 1. The third-order valence-corrected chi connectivity index (χ3v) is 1.99. The lowest BCUT2D eigenvalue weighted by molar-refractivity contribution is 0.112. The summed E-state index contributed by atoms with van der Waals surface area (Å²) in [4.78, 5) is 12.5. The zero-order valence-electron chi connectivity index (χ0n) is 7.10. The van der Waals surface area contributed by atoms with Gasteiger partial charge in [-0.15, -0.1) is 0 Å². The molecule has 0 atom stereocenters. The Balaban J connectivity index is 2.21. The monoisotopic (exact) mass is 174 g/mol. The van der Waals surface area contributed by atoms with Crippen LogP contribution >= 0.6 is 0 Å². The van der Waals surface area contributed by atoms with Gasteiger partial charge in [-0.1, -0.05) is 0 Å². The van der Waals surface area contributed by atoms with Crippen molar-refractivity contribution in [1.82, 2.24) is 5.32 Å². The summed E-state index contributed by atoms with van der Waals surface area (Å²) in [6.07, 6.45) is 4.71. The molecule has 1 heterocycles. The summed E-state index contributed by atoms with van der Waals surface area (Å²) in [5, 5.41) is 3.08. The van der Waals surface area contributed by atoms with Crippen molar-refractivity contribution < 1.29 is 4.79 Å². The molecule has 13 heavy (non-hydrogen) atoms. The van der Waals surface area contributed by atoms with Crippen LogP contribution in [0.3, 0.4) is 0 Å². The van der Waals surface area contributed by atoms with Crippen LogP contribution in [-0.2, 0) is 0 Å². The minimum absolute atomic E-state index is 0.708. The van der Waals surface area contributed by atoms with E-state index < -0.39 is 0 Å². The topological polar surface area (TPSA) is 32.3 Å². The van der Waals surface area contributed by atoms with Gasteiger partial charge in [-0.05, 0) is 24.3 Å². The fourth-order valence-corrected chi connectivity index (χ4v) is 1.27. The lowest BCUT2D eigenvalue weighted by Crippen LogP contribution is -2.19. The van der Waals surface area contributed by atoms with E-state index >= 15 is 0 Å². The molecule has 0 aromatic heterocycles. The van der Waals surface area contributed by atoms with Crippen LogP contribution in [0, 0.1) is 0 Å². The number of hydrogen-bond donors (Lipinski definition) is 1. The second-order valence-electron chi connectivity index (χ2n) is 2.86. The molecule has 0 bridgehead atoms. The number of hydrogen-bond acceptors (Lipinski definition) is 3. The largest absolute Gasteiger partial charge is 0.372 e. The second-order valence-corrected chi connectivity index (χ2v) is 2.86. The number of rotatable bonds is 2. The maximum Gasteiger partial charge on any atom is 0.150 e. The van der Waals surface area contributed by atoms with Gasteiger partial charge in [0.05, 0.1) is 6.67 Å². The fraction of sp³-hybridized carbons (Fsp3) is 0.100. The van der Waals surface area contributed by atoms with Crippen molar-refractivity contribution in [2.45, 2.75) is 0 Å². The molecule has 66 valence electrons. The Labute approximate surface area is 76.7 Å². The van der Waals surface area contributed by atoms with E-state index in [9.17, 15) is 4.79 Å². The highest BCUT2D eigenvalue weighted by Gasteiger charge is 2.04. The van der Waals surface area contributed by atoms with Crippen LogP contribution in [-0.4, -0.2) is 13.0 Å². The number of benzene rings is 1. The molecule has 1 aromatic rings. The average molecular weight is 174 g/mol. The molecule has 1 aliphatic heterocycles. The SMILES string of the molecule is O=Cc1ccc(N2C=CNC2)cc1. The molecule has 0 fully saturated rings. The molecule has 1 aromatic carbocycles. The molecule has 1 aliphatic rings. The van der Waals surface area contributed by atoms with Crippen LogP contribution in [0.2, 0.25) is 0 Å². The molecule has 0 spiro atoms. The lowest BCUT2D eigenvalue weighted by Gasteiger charge is -2.14. The van der Waals surface area contributed by atoms with Gasteiger partial charge in [0.15, 0.2) is 0 Å². The maximum atomic E-state index is 10.4. The number of carbonyl (C=O) groups is 1. The van der Waals surface area contributed by atoms with Crippen molar-refractivity contribution in [2.75, 3.05) is 11.6 Å². The van der Waals surface area contributed by atoms with E-state index in [4.69, 9.17) is 0 Å².